The van der Waals surface area contributed by atoms with Gasteiger partial charge in [-0.15, -0.1) is 0 Å². The second kappa shape index (κ2) is 17.1. The van der Waals surface area contributed by atoms with Crippen molar-refractivity contribution in [3.63, 3.8) is 0 Å². The monoisotopic (exact) mass is 443 g/mol. The first-order valence-corrected chi connectivity index (χ1v) is 10.9. The van der Waals surface area contributed by atoms with Crippen molar-refractivity contribution in [3.05, 3.63) is 23.8 Å². The van der Waals surface area contributed by atoms with E-state index >= 15 is 0 Å². The van der Waals surface area contributed by atoms with Crippen LogP contribution in [0.2, 0.25) is 0 Å². The summed E-state index contributed by atoms with van der Waals surface area (Å²) in [6, 6.07) is 5.63. The zero-order valence-corrected chi connectivity index (χ0v) is 18.6. The molecule has 1 aromatic carbocycles. The summed E-state index contributed by atoms with van der Waals surface area (Å²) in [6.45, 7) is 8.81. The van der Waals surface area contributed by atoms with Crippen molar-refractivity contribution in [2.24, 2.45) is 5.73 Å². The molecule has 0 saturated carbocycles. The van der Waals surface area contributed by atoms with Crippen LogP contribution in [0.25, 0.3) is 0 Å². The van der Waals surface area contributed by atoms with Crippen LogP contribution in [0.4, 0.5) is 0 Å². The minimum atomic E-state index is -0.0946. The average Bonchev–Trinajstić information content (AvgIpc) is 2.77. The van der Waals surface area contributed by atoms with Gasteiger partial charge < -0.3 is 43.6 Å². The van der Waals surface area contributed by atoms with Crippen molar-refractivity contribution in [2.45, 2.75) is 13.0 Å². The van der Waals surface area contributed by atoms with E-state index in [4.69, 9.17) is 43.6 Å². The Balaban J connectivity index is 1.80. The zero-order chi connectivity index (χ0) is 22.0. The van der Waals surface area contributed by atoms with Crippen LogP contribution in [0.5, 0.6) is 11.5 Å². The Morgan fingerprint density at radius 3 is 1.29 bits per heavy atom. The molecule has 1 heterocycles. The van der Waals surface area contributed by atoms with E-state index in [9.17, 15) is 0 Å². The van der Waals surface area contributed by atoms with Gasteiger partial charge in [0, 0.05) is 6.04 Å². The smallest absolute Gasteiger partial charge is 0.161 e. The molecule has 0 spiro atoms. The van der Waals surface area contributed by atoms with Gasteiger partial charge in [0.15, 0.2) is 11.5 Å². The third-order valence-electron chi connectivity index (χ3n) is 4.32. The number of hydrogen-bond acceptors (Lipinski definition) is 9. The number of fused-ring (bicyclic) bond motifs is 1. The Morgan fingerprint density at radius 2 is 0.903 bits per heavy atom. The quantitative estimate of drug-likeness (QED) is 0.693. The van der Waals surface area contributed by atoms with Crippen molar-refractivity contribution in [1.29, 1.82) is 0 Å². The van der Waals surface area contributed by atoms with Gasteiger partial charge in [0.25, 0.3) is 0 Å². The lowest BCUT2D eigenvalue weighted by Crippen LogP contribution is -2.16. The third-order valence-corrected chi connectivity index (χ3v) is 4.32. The predicted molar refractivity (Wildman–Crippen MR) is 115 cm³/mol. The summed E-state index contributed by atoms with van der Waals surface area (Å²) in [4.78, 5) is 0. The van der Waals surface area contributed by atoms with E-state index in [-0.39, 0.29) is 6.04 Å². The molecule has 2 rings (SSSR count). The first kappa shape index (κ1) is 25.8. The van der Waals surface area contributed by atoms with Crippen LogP contribution in [0.3, 0.4) is 0 Å². The van der Waals surface area contributed by atoms with Crippen molar-refractivity contribution in [2.75, 3.05) is 92.5 Å². The molecule has 9 heteroatoms. The van der Waals surface area contributed by atoms with Gasteiger partial charge in [-0.3, -0.25) is 0 Å². The minimum absolute atomic E-state index is 0.0946. The second-order valence-corrected chi connectivity index (χ2v) is 6.87. The molecule has 31 heavy (non-hydrogen) atoms. The molecule has 0 bridgehead atoms. The molecule has 1 aromatic rings. The third kappa shape index (κ3) is 12.2. The average molecular weight is 444 g/mol. The molecule has 1 unspecified atom stereocenters. The maximum atomic E-state index is 6.00. The SMILES string of the molecule is CC(N)c1ccc2c(c1)OCCOCCOCCOCCOCCOCCOCCO2. The number of rotatable bonds is 1. The van der Waals surface area contributed by atoms with E-state index in [0.29, 0.717) is 104 Å². The highest BCUT2D eigenvalue weighted by Gasteiger charge is 2.09. The van der Waals surface area contributed by atoms with Crippen molar-refractivity contribution in [1.82, 2.24) is 0 Å². The van der Waals surface area contributed by atoms with Crippen molar-refractivity contribution >= 4 is 0 Å². The summed E-state index contributed by atoms with van der Waals surface area (Å²) in [5.41, 5.74) is 6.97. The van der Waals surface area contributed by atoms with E-state index in [0.717, 1.165) is 5.56 Å². The Labute approximate surface area is 185 Å². The van der Waals surface area contributed by atoms with Crippen molar-refractivity contribution < 1.29 is 37.9 Å². The van der Waals surface area contributed by atoms with E-state index in [1.807, 2.05) is 25.1 Å². The van der Waals surface area contributed by atoms with Crippen molar-refractivity contribution in [3.8, 4) is 11.5 Å². The number of benzene rings is 1. The lowest BCUT2D eigenvalue weighted by Gasteiger charge is -2.16. The normalized spacial score (nSPS) is 21.0. The van der Waals surface area contributed by atoms with Gasteiger partial charge in [-0.05, 0) is 24.6 Å². The molecule has 0 fully saturated rings. The molecule has 0 saturated heterocycles. The molecule has 0 radical (unpaired) electrons. The maximum absolute atomic E-state index is 6.00. The van der Waals surface area contributed by atoms with Gasteiger partial charge in [-0.2, -0.15) is 0 Å². The van der Waals surface area contributed by atoms with E-state index in [1.54, 1.807) is 0 Å². The van der Waals surface area contributed by atoms with Crippen LogP contribution >= 0.6 is 0 Å². The van der Waals surface area contributed by atoms with Gasteiger partial charge in [0.05, 0.1) is 79.3 Å². The summed E-state index contributed by atoms with van der Waals surface area (Å²) >= 11 is 0. The van der Waals surface area contributed by atoms with Gasteiger partial charge in [-0.25, -0.2) is 0 Å². The fourth-order valence-corrected chi connectivity index (χ4v) is 2.66. The maximum Gasteiger partial charge on any atom is 0.161 e. The number of ether oxygens (including phenoxy) is 8. The lowest BCUT2D eigenvalue weighted by atomic mass is 10.1. The van der Waals surface area contributed by atoms with Crippen LogP contribution in [0.1, 0.15) is 18.5 Å². The van der Waals surface area contributed by atoms with E-state index < -0.39 is 0 Å². The zero-order valence-electron chi connectivity index (χ0n) is 18.6. The molecule has 0 aliphatic carbocycles. The predicted octanol–water partition coefficient (Wildman–Crippen LogP) is 1.58. The van der Waals surface area contributed by atoms with Gasteiger partial charge in [0.1, 0.15) is 13.2 Å². The van der Waals surface area contributed by atoms with Crippen LogP contribution < -0.4 is 15.2 Å². The van der Waals surface area contributed by atoms with Gasteiger partial charge >= 0.3 is 0 Å². The second-order valence-electron chi connectivity index (χ2n) is 6.87. The fraction of sp³-hybridized carbons (Fsp3) is 0.727. The van der Waals surface area contributed by atoms with Crippen LogP contribution in [-0.4, -0.2) is 92.5 Å². The molecule has 0 aromatic heterocycles. The molecule has 1 aliphatic heterocycles. The van der Waals surface area contributed by atoms with Crippen LogP contribution in [0, 0.1) is 0 Å². The first-order valence-electron chi connectivity index (χ1n) is 10.9. The Morgan fingerprint density at radius 1 is 0.548 bits per heavy atom. The lowest BCUT2D eigenvalue weighted by molar-refractivity contribution is -0.0193. The molecular weight excluding hydrogens is 406 g/mol. The summed E-state index contributed by atoms with van der Waals surface area (Å²) in [6.07, 6.45) is 0. The summed E-state index contributed by atoms with van der Waals surface area (Å²) in [5.74, 6) is 1.30. The molecule has 1 atom stereocenters. The highest BCUT2D eigenvalue weighted by atomic mass is 16.6. The Kier molecular flexibility index (Phi) is 14.3. The van der Waals surface area contributed by atoms with Gasteiger partial charge in [-0.1, -0.05) is 6.07 Å². The molecular formula is C22H37NO8. The van der Waals surface area contributed by atoms with E-state index in [2.05, 4.69) is 0 Å². The molecule has 2 N–H and O–H groups in total. The van der Waals surface area contributed by atoms with Crippen LogP contribution in [-0.2, 0) is 28.4 Å². The standard InChI is InChI=1S/C22H37NO8/c1-19(23)20-2-3-21-22(18-20)31-17-15-29-13-11-27-9-7-25-5-4-24-6-8-26-10-12-28-14-16-30-21/h2-3,18-19H,4-17,23H2,1H3. The summed E-state index contributed by atoms with van der Waals surface area (Å²) < 4.78 is 44.6. The van der Waals surface area contributed by atoms with Crippen LogP contribution in [0.15, 0.2) is 18.2 Å². The fourth-order valence-electron chi connectivity index (χ4n) is 2.66. The number of hydrogen-bond donors (Lipinski definition) is 1. The Bertz CT molecular complexity index is 572. The summed E-state index contributed by atoms with van der Waals surface area (Å²) in [5, 5.41) is 0. The molecule has 9 nitrogen and oxygen atoms in total. The highest BCUT2D eigenvalue weighted by Crippen LogP contribution is 2.30. The molecule has 0 amide bonds. The molecule has 1 aliphatic rings. The minimum Gasteiger partial charge on any atom is -0.487 e. The summed E-state index contributed by atoms with van der Waals surface area (Å²) in [7, 11) is 0. The largest absolute Gasteiger partial charge is 0.487 e. The van der Waals surface area contributed by atoms with E-state index in [1.165, 1.54) is 0 Å². The Hall–Kier alpha value is -1.46. The van der Waals surface area contributed by atoms with Gasteiger partial charge in [0.2, 0.25) is 0 Å². The number of nitrogens with two attached hydrogens (primary N) is 1. The topological polar surface area (TPSA) is 99.9 Å². The first-order chi connectivity index (χ1) is 15.3. The highest BCUT2D eigenvalue weighted by molar-refractivity contribution is 5.43. The molecule has 178 valence electrons.